The van der Waals surface area contributed by atoms with Crippen LogP contribution in [0.1, 0.15) is 59.2 Å². The lowest BCUT2D eigenvalue weighted by Crippen LogP contribution is -2.51. The van der Waals surface area contributed by atoms with E-state index in [1.807, 2.05) is 12.1 Å². The largest absolute Gasteiger partial charge is 0.299 e. The van der Waals surface area contributed by atoms with Crippen molar-refractivity contribution in [2.24, 2.45) is 0 Å². The number of thiol groups is 1. The van der Waals surface area contributed by atoms with E-state index in [9.17, 15) is 9.59 Å². The second-order valence-corrected chi connectivity index (χ2v) is 10.5. The van der Waals surface area contributed by atoms with Crippen LogP contribution < -0.4 is 5.32 Å². The number of hydrogen-bond acceptors (Lipinski definition) is 5. The van der Waals surface area contributed by atoms with Crippen LogP contribution in [-0.4, -0.2) is 40.7 Å². The van der Waals surface area contributed by atoms with E-state index in [0.29, 0.717) is 35.3 Å². The SMILES string of the molecule is O=C1CCC(N2Cc3c(CN4CCC(c5cccc(Cl)c5Cl)CC4)cccc3C2S)C(=O)N1. The van der Waals surface area contributed by atoms with E-state index in [2.05, 4.69) is 39.4 Å². The topological polar surface area (TPSA) is 52.7 Å². The van der Waals surface area contributed by atoms with Gasteiger partial charge >= 0.3 is 0 Å². The van der Waals surface area contributed by atoms with Gasteiger partial charge in [0.1, 0.15) is 0 Å². The van der Waals surface area contributed by atoms with Gasteiger partial charge in [0.25, 0.3) is 0 Å². The molecular weight excluding hydrogens is 477 g/mol. The van der Waals surface area contributed by atoms with E-state index in [-0.39, 0.29) is 23.2 Å². The number of carbonyl (C=O) groups excluding carboxylic acids is 2. The van der Waals surface area contributed by atoms with E-state index in [1.54, 1.807) is 0 Å². The normalized spacial score (nSPS) is 24.7. The number of piperidine rings is 2. The molecule has 5 nitrogen and oxygen atoms in total. The summed E-state index contributed by atoms with van der Waals surface area (Å²) in [5.41, 5.74) is 4.88. The lowest BCUT2D eigenvalue weighted by atomic mass is 9.89. The number of fused-ring (bicyclic) bond motifs is 1. The predicted octanol–water partition coefficient (Wildman–Crippen LogP) is 4.92. The van der Waals surface area contributed by atoms with E-state index in [0.717, 1.165) is 38.0 Å². The molecule has 1 N–H and O–H groups in total. The summed E-state index contributed by atoms with van der Waals surface area (Å²) in [5, 5.41) is 3.65. The third-order valence-corrected chi connectivity index (χ3v) is 8.66. The molecule has 2 atom stereocenters. The van der Waals surface area contributed by atoms with Gasteiger partial charge in [0.2, 0.25) is 11.8 Å². The lowest BCUT2D eigenvalue weighted by Gasteiger charge is -2.33. The first-order valence-corrected chi connectivity index (χ1v) is 12.7. The smallest absolute Gasteiger partial charge is 0.243 e. The minimum absolute atomic E-state index is 0.139. The molecule has 2 aromatic rings. The Morgan fingerprint density at radius 3 is 2.48 bits per heavy atom. The maximum absolute atomic E-state index is 12.4. The molecule has 3 heterocycles. The Morgan fingerprint density at radius 2 is 1.73 bits per heavy atom. The van der Waals surface area contributed by atoms with Crippen molar-refractivity contribution in [1.82, 2.24) is 15.1 Å². The van der Waals surface area contributed by atoms with Crippen molar-refractivity contribution in [1.29, 1.82) is 0 Å². The molecule has 2 saturated heterocycles. The van der Waals surface area contributed by atoms with Crippen LogP contribution in [0.15, 0.2) is 36.4 Å². The minimum atomic E-state index is -0.316. The van der Waals surface area contributed by atoms with Gasteiger partial charge in [0.05, 0.1) is 21.5 Å². The van der Waals surface area contributed by atoms with E-state index >= 15 is 0 Å². The molecule has 2 aromatic carbocycles. The zero-order chi connectivity index (χ0) is 23.1. The average Bonchev–Trinajstić information content (AvgIpc) is 3.14. The Morgan fingerprint density at radius 1 is 1.00 bits per heavy atom. The Kier molecular flexibility index (Phi) is 6.74. The molecule has 2 unspecified atom stereocenters. The molecule has 0 aromatic heterocycles. The molecule has 33 heavy (non-hydrogen) atoms. The Hall–Kier alpha value is -1.57. The summed E-state index contributed by atoms with van der Waals surface area (Å²) < 4.78 is 0. The van der Waals surface area contributed by atoms with Crippen LogP contribution in [0.2, 0.25) is 10.0 Å². The maximum Gasteiger partial charge on any atom is 0.243 e. The van der Waals surface area contributed by atoms with Gasteiger partial charge in [-0.1, -0.05) is 53.5 Å². The zero-order valence-corrected chi connectivity index (χ0v) is 20.7. The molecule has 0 bridgehead atoms. The van der Waals surface area contributed by atoms with Crippen molar-refractivity contribution < 1.29 is 9.59 Å². The fraction of sp³-hybridized carbons (Fsp3) is 0.440. The Labute approximate surface area is 209 Å². The molecule has 174 valence electrons. The molecule has 3 aliphatic heterocycles. The first-order chi connectivity index (χ1) is 15.9. The van der Waals surface area contributed by atoms with Gasteiger partial charge in [-0.15, -0.1) is 0 Å². The molecule has 8 heteroatoms. The first kappa shape index (κ1) is 23.2. The zero-order valence-electron chi connectivity index (χ0n) is 18.3. The summed E-state index contributed by atoms with van der Waals surface area (Å²) in [5.74, 6) is 0.0343. The summed E-state index contributed by atoms with van der Waals surface area (Å²) in [4.78, 5) is 28.6. The van der Waals surface area contributed by atoms with Crippen LogP contribution in [0.4, 0.5) is 0 Å². The molecule has 2 amide bonds. The molecule has 5 rings (SSSR count). The highest BCUT2D eigenvalue weighted by atomic mass is 35.5. The van der Waals surface area contributed by atoms with Gasteiger partial charge in [-0.2, -0.15) is 12.6 Å². The average molecular weight is 504 g/mol. The van der Waals surface area contributed by atoms with Gasteiger partial charge in [-0.25, -0.2) is 0 Å². The van der Waals surface area contributed by atoms with Crippen LogP contribution in [0.25, 0.3) is 0 Å². The standard InChI is InChI=1S/C25H27Cl2N3O2S/c26-20-6-2-4-17(23(20)27)15-9-11-29(12-10-15)13-16-3-1-5-18-19(16)14-30(25(18)33)21-7-8-22(31)28-24(21)32/h1-6,15,21,25,33H,7-14H2,(H,28,31,32). The molecule has 2 fully saturated rings. The number of likely N-dealkylation sites (tertiary alicyclic amines) is 1. The Bertz CT molecular complexity index is 1090. The van der Waals surface area contributed by atoms with Gasteiger partial charge in [-0.3, -0.25) is 24.7 Å². The van der Waals surface area contributed by atoms with Crippen molar-refractivity contribution in [3.63, 3.8) is 0 Å². The fourth-order valence-electron chi connectivity index (χ4n) is 5.44. The summed E-state index contributed by atoms with van der Waals surface area (Å²) >= 11 is 17.5. The van der Waals surface area contributed by atoms with Crippen LogP contribution in [-0.2, 0) is 22.7 Å². The third-order valence-electron chi connectivity index (χ3n) is 7.26. The van der Waals surface area contributed by atoms with E-state index in [1.165, 1.54) is 16.7 Å². The van der Waals surface area contributed by atoms with Crippen molar-refractivity contribution >= 4 is 47.6 Å². The number of hydrogen-bond donors (Lipinski definition) is 2. The summed E-state index contributed by atoms with van der Waals surface area (Å²) in [6.07, 6.45) is 3.02. The number of nitrogens with one attached hydrogen (secondary N) is 1. The second-order valence-electron chi connectivity index (χ2n) is 9.19. The predicted molar refractivity (Wildman–Crippen MR) is 134 cm³/mol. The van der Waals surface area contributed by atoms with Gasteiger partial charge in [0, 0.05) is 19.5 Å². The third kappa shape index (κ3) is 4.56. The quantitative estimate of drug-likeness (QED) is 0.459. The van der Waals surface area contributed by atoms with Crippen LogP contribution in [0.5, 0.6) is 0 Å². The summed E-state index contributed by atoms with van der Waals surface area (Å²) in [6, 6.07) is 12.0. The highest BCUT2D eigenvalue weighted by molar-refractivity contribution is 7.80. The molecule has 0 saturated carbocycles. The molecule has 0 radical (unpaired) electrons. The van der Waals surface area contributed by atoms with Gasteiger partial charge in [0.15, 0.2) is 0 Å². The number of nitrogens with zero attached hydrogens (tertiary/aromatic N) is 2. The molecule has 0 spiro atoms. The number of carbonyl (C=O) groups is 2. The Balaban J connectivity index is 1.26. The van der Waals surface area contributed by atoms with Gasteiger partial charge in [-0.05, 0) is 66.6 Å². The molecular formula is C25H27Cl2N3O2S. The number of benzene rings is 2. The number of rotatable bonds is 4. The number of imide groups is 1. The number of amides is 2. The van der Waals surface area contributed by atoms with Crippen LogP contribution in [0, 0.1) is 0 Å². The maximum atomic E-state index is 12.4. The fourth-order valence-corrected chi connectivity index (χ4v) is 6.39. The highest BCUT2D eigenvalue weighted by Gasteiger charge is 2.39. The van der Waals surface area contributed by atoms with Crippen molar-refractivity contribution in [2.75, 3.05) is 13.1 Å². The van der Waals surface area contributed by atoms with E-state index in [4.69, 9.17) is 35.8 Å². The lowest BCUT2D eigenvalue weighted by molar-refractivity contribution is -0.137. The van der Waals surface area contributed by atoms with Crippen molar-refractivity contribution in [2.45, 2.75) is 56.1 Å². The number of halogens is 2. The van der Waals surface area contributed by atoms with Crippen molar-refractivity contribution in [3.05, 3.63) is 68.7 Å². The second kappa shape index (κ2) is 9.59. The summed E-state index contributed by atoms with van der Waals surface area (Å²) in [6.45, 7) is 3.56. The summed E-state index contributed by atoms with van der Waals surface area (Å²) in [7, 11) is 0. The first-order valence-electron chi connectivity index (χ1n) is 11.5. The van der Waals surface area contributed by atoms with Crippen molar-refractivity contribution in [3.8, 4) is 0 Å². The minimum Gasteiger partial charge on any atom is -0.299 e. The van der Waals surface area contributed by atoms with E-state index < -0.39 is 0 Å². The highest BCUT2D eigenvalue weighted by Crippen LogP contribution is 2.41. The van der Waals surface area contributed by atoms with Gasteiger partial charge < -0.3 is 0 Å². The molecule has 0 aliphatic carbocycles. The monoisotopic (exact) mass is 503 g/mol. The molecule has 3 aliphatic rings. The van der Waals surface area contributed by atoms with Crippen LogP contribution >= 0.6 is 35.8 Å². The van der Waals surface area contributed by atoms with Crippen LogP contribution in [0.3, 0.4) is 0 Å².